The molecule has 1 amide bonds. The minimum atomic E-state index is -0.0398. The predicted octanol–water partition coefficient (Wildman–Crippen LogP) is 2.84. The number of piperidine rings is 1. The molecule has 1 aliphatic rings. The van der Waals surface area contributed by atoms with Gasteiger partial charge >= 0.3 is 0 Å². The molecular formula is C19H22N4O2. The van der Waals surface area contributed by atoms with Crippen molar-refractivity contribution in [2.75, 3.05) is 23.3 Å². The number of anilines is 2. The molecule has 0 unspecified atom stereocenters. The number of carbonyl (C=O) groups is 2. The Morgan fingerprint density at radius 2 is 1.96 bits per heavy atom. The highest BCUT2D eigenvalue weighted by Gasteiger charge is 2.26. The van der Waals surface area contributed by atoms with Gasteiger partial charge in [0.2, 0.25) is 11.9 Å². The molecule has 0 aliphatic carbocycles. The Morgan fingerprint density at radius 1 is 1.20 bits per heavy atom. The van der Waals surface area contributed by atoms with Crippen LogP contribution >= 0.6 is 0 Å². The third-order valence-electron chi connectivity index (χ3n) is 4.47. The molecule has 0 saturated carbocycles. The molecule has 25 heavy (non-hydrogen) atoms. The maximum atomic E-state index is 12.5. The Hall–Kier alpha value is -2.76. The third-order valence-corrected chi connectivity index (χ3v) is 4.47. The first-order chi connectivity index (χ1) is 12.0. The summed E-state index contributed by atoms with van der Waals surface area (Å²) in [6.07, 6.45) is 3.28. The molecular weight excluding hydrogens is 316 g/mol. The highest BCUT2D eigenvalue weighted by molar-refractivity contribution is 5.97. The van der Waals surface area contributed by atoms with Crippen LogP contribution in [0.5, 0.6) is 0 Å². The summed E-state index contributed by atoms with van der Waals surface area (Å²) in [5.41, 5.74) is 2.21. The van der Waals surface area contributed by atoms with Gasteiger partial charge in [-0.3, -0.25) is 9.59 Å². The van der Waals surface area contributed by atoms with Crippen LogP contribution in [0.2, 0.25) is 0 Å². The zero-order valence-corrected chi connectivity index (χ0v) is 14.5. The number of hydrogen-bond donors (Lipinski definition) is 1. The van der Waals surface area contributed by atoms with Gasteiger partial charge in [0, 0.05) is 42.1 Å². The van der Waals surface area contributed by atoms with E-state index >= 15 is 0 Å². The first kappa shape index (κ1) is 17.1. The van der Waals surface area contributed by atoms with E-state index in [-0.39, 0.29) is 17.6 Å². The lowest BCUT2D eigenvalue weighted by Crippen LogP contribution is -2.39. The van der Waals surface area contributed by atoms with Crippen molar-refractivity contribution in [1.29, 1.82) is 0 Å². The lowest BCUT2D eigenvalue weighted by atomic mass is 9.96. The zero-order valence-electron chi connectivity index (χ0n) is 14.5. The maximum Gasteiger partial charge on any atom is 0.227 e. The Balaban J connectivity index is 1.58. The Bertz CT molecular complexity index is 782. The number of nitrogens with zero attached hydrogens (tertiary/aromatic N) is 3. The highest BCUT2D eigenvalue weighted by atomic mass is 16.2. The predicted molar refractivity (Wildman–Crippen MR) is 96.8 cm³/mol. The van der Waals surface area contributed by atoms with E-state index in [2.05, 4.69) is 20.2 Å². The van der Waals surface area contributed by atoms with Gasteiger partial charge in [-0.15, -0.1) is 0 Å². The summed E-state index contributed by atoms with van der Waals surface area (Å²) in [7, 11) is 0. The van der Waals surface area contributed by atoms with E-state index in [9.17, 15) is 9.59 Å². The molecule has 6 nitrogen and oxygen atoms in total. The monoisotopic (exact) mass is 338 g/mol. The molecule has 1 fully saturated rings. The van der Waals surface area contributed by atoms with Crippen molar-refractivity contribution >= 4 is 23.3 Å². The number of nitrogens with one attached hydrogen (secondary N) is 1. The van der Waals surface area contributed by atoms with Crippen molar-refractivity contribution in [3.05, 3.63) is 47.8 Å². The van der Waals surface area contributed by atoms with Crippen LogP contribution in [0.15, 0.2) is 36.5 Å². The number of rotatable bonds is 4. The van der Waals surface area contributed by atoms with Crippen molar-refractivity contribution in [3.63, 3.8) is 0 Å². The summed E-state index contributed by atoms with van der Waals surface area (Å²) in [5.74, 6) is 0.683. The van der Waals surface area contributed by atoms with E-state index in [1.54, 1.807) is 30.5 Å². The van der Waals surface area contributed by atoms with Crippen LogP contribution in [0.3, 0.4) is 0 Å². The average molecular weight is 338 g/mol. The number of aromatic nitrogens is 2. The fourth-order valence-electron chi connectivity index (χ4n) is 2.99. The molecule has 0 bridgehead atoms. The summed E-state index contributed by atoms with van der Waals surface area (Å²) in [6.45, 7) is 4.98. The number of amides is 1. The summed E-state index contributed by atoms with van der Waals surface area (Å²) in [6, 6.07) is 8.93. The number of carbonyl (C=O) groups excluding carboxylic acids is 2. The molecule has 2 aromatic rings. The summed E-state index contributed by atoms with van der Waals surface area (Å²) in [5, 5.41) is 2.93. The Labute approximate surface area is 147 Å². The largest absolute Gasteiger partial charge is 0.341 e. The molecule has 1 saturated heterocycles. The number of hydrogen-bond acceptors (Lipinski definition) is 5. The van der Waals surface area contributed by atoms with E-state index in [0.717, 1.165) is 37.6 Å². The van der Waals surface area contributed by atoms with Gasteiger partial charge in [-0.25, -0.2) is 9.97 Å². The quantitative estimate of drug-likeness (QED) is 0.868. The number of Topliss-reactive ketones (excluding diaryl/α,β-unsaturated/α-hetero) is 1. The number of benzene rings is 1. The van der Waals surface area contributed by atoms with E-state index in [1.165, 1.54) is 6.92 Å². The number of ketones is 1. The second-order valence-corrected chi connectivity index (χ2v) is 6.39. The van der Waals surface area contributed by atoms with Crippen LogP contribution in [0.1, 0.15) is 35.8 Å². The van der Waals surface area contributed by atoms with E-state index in [0.29, 0.717) is 11.3 Å². The lowest BCUT2D eigenvalue weighted by Gasteiger charge is -2.31. The average Bonchev–Trinajstić information content (AvgIpc) is 2.62. The van der Waals surface area contributed by atoms with Gasteiger partial charge in [-0.1, -0.05) is 12.1 Å². The fraction of sp³-hybridized carbons (Fsp3) is 0.368. The van der Waals surface area contributed by atoms with Gasteiger partial charge in [0.1, 0.15) is 0 Å². The second kappa shape index (κ2) is 7.42. The molecule has 130 valence electrons. The van der Waals surface area contributed by atoms with Gasteiger partial charge in [-0.05, 0) is 44.9 Å². The van der Waals surface area contributed by atoms with Crippen LogP contribution in [-0.4, -0.2) is 34.7 Å². The molecule has 0 spiro atoms. The van der Waals surface area contributed by atoms with Crippen LogP contribution < -0.4 is 10.2 Å². The molecule has 6 heteroatoms. The first-order valence-electron chi connectivity index (χ1n) is 8.49. The van der Waals surface area contributed by atoms with Gasteiger partial charge in [-0.2, -0.15) is 0 Å². The molecule has 1 aromatic heterocycles. The molecule has 0 atom stereocenters. The van der Waals surface area contributed by atoms with Gasteiger partial charge < -0.3 is 10.2 Å². The summed E-state index contributed by atoms with van der Waals surface area (Å²) >= 11 is 0. The first-order valence-corrected chi connectivity index (χ1v) is 8.49. The highest BCUT2D eigenvalue weighted by Crippen LogP contribution is 2.22. The zero-order chi connectivity index (χ0) is 17.8. The van der Waals surface area contributed by atoms with E-state index in [4.69, 9.17) is 0 Å². The topological polar surface area (TPSA) is 75.2 Å². The number of aryl methyl sites for hydroxylation is 1. The van der Waals surface area contributed by atoms with Crippen LogP contribution in [-0.2, 0) is 4.79 Å². The fourth-order valence-corrected chi connectivity index (χ4v) is 2.99. The summed E-state index contributed by atoms with van der Waals surface area (Å²) < 4.78 is 0. The van der Waals surface area contributed by atoms with Crippen LogP contribution in [0.25, 0.3) is 0 Å². The van der Waals surface area contributed by atoms with Crippen molar-refractivity contribution in [3.8, 4) is 0 Å². The van der Waals surface area contributed by atoms with E-state index in [1.807, 2.05) is 13.0 Å². The Kier molecular flexibility index (Phi) is 5.07. The standard InChI is InChI=1S/C19H22N4O2/c1-13-6-9-20-19(21-13)23-10-7-15(8-11-23)18(25)22-17-5-3-4-16(12-17)14(2)24/h3-6,9,12,15H,7-8,10-11H2,1-2H3,(H,22,25). The lowest BCUT2D eigenvalue weighted by molar-refractivity contribution is -0.120. The minimum Gasteiger partial charge on any atom is -0.341 e. The molecule has 1 N–H and O–H groups in total. The van der Waals surface area contributed by atoms with Crippen LogP contribution in [0, 0.1) is 12.8 Å². The van der Waals surface area contributed by atoms with Crippen LogP contribution in [0.4, 0.5) is 11.6 Å². The normalized spacial score (nSPS) is 15.0. The molecule has 1 aliphatic heterocycles. The maximum absolute atomic E-state index is 12.5. The smallest absolute Gasteiger partial charge is 0.227 e. The van der Waals surface area contributed by atoms with Gasteiger partial charge in [0.25, 0.3) is 0 Å². The van der Waals surface area contributed by atoms with E-state index < -0.39 is 0 Å². The SMILES string of the molecule is CC(=O)c1cccc(NC(=O)C2CCN(c3nccc(C)n3)CC2)c1. The minimum absolute atomic E-state index is 0.00510. The molecule has 0 radical (unpaired) electrons. The molecule has 1 aromatic carbocycles. The molecule has 3 rings (SSSR count). The third kappa shape index (κ3) is 4.21. The van der Waals surface area contributed by atoms with Crippen molar-refractivity contribution in [2.45, 2.75) is 26.7 Å². The van der Waals surface area contributed by atoms with Crippen molar-refractivity contribution in [1.82, 2.24) is 9.97 Å². The molecule has 2 heterocycles. The Morgan fingerprint density at radius 3 is 2.64 bits per heavy atom. The van der Waals surface area contributed by atoms with Gasteiger partial charge in [0.05, 0.1) is 0 Å². The van der Waals surface area contributed by atoms with Crippen molar-refractivity contribution < 1.29 is 9.59 Å². The summed E-state index contributed by atoms with van der Waals surface area (Å²) in [4.78, 5) is 34.8. The van der Waals surface area contributed by atoms with Gasteiger partial charge in [0.15, 0.2) is 5.78 Å². The van der Waals surface area contributed by atoms with Crippen molar-refractivity contribution in [2.24, 2.45) is 5.92 Å². The second-order valence-electron chi connectivity index (χ2n) is 6.39.